The zero-order valence-corrected chi connectivity index (χ0v) is 15.5. The maximum Gasteiger partial charge on any atom is 0.338 e. The Morgan fingerprint density at radius 3 is 2.21 bits per heavy atom. The maximum absolute atomic E-state index is 12.6. The van der Waals surface area contributed by atoms with Crippen molar-refractivity contribution in [1.29, 1.82) is 0 Å². The van der Waals surface area contributed by atoms with Crippen molar-refractivity contribution >= 4 is 17.7 Å². The first-order chi connectivity index (χ1) is 13.7. The predicted octanol–water partition coefficient (Wildman–Crippen LogP) is 4.17. The second-order valence-corrected chi connectivity index (χ2v) is 6.02. The van der Waals surface area contributed by atoms with Crippen molar-refractivity contribution in [1.82, 2.24) is 10.3 Å². The van der Waals surface area contributed by atoms with Crippen LogP contribution in [0.3, 0.4) is 0 Å². The van der Waals surface area contributed by atoms with Gasteiger partial charge >= 0.3 is 12.0 Å². The van der Waals surface area contributed by atoms with Crippen molar-refractivity contribution in [2.24, 2.45) is 0 Å². The molecule has 3 aromatic rings. The molecule has 1 atom stereocenters. The number of amides is 2. The fourth-order valence-corrected chi connectivity index (χ4v) is 2.76. The summed E-state index contributed by atoms with van der Waals surface area (Å²) in [7, 11) is 0. The summed E-state index contributed by atoms with van der Waals surface area (Å²) in [6, 6.07) is 19.3. The molecular weight excluding hydrogens is 354 g/mol. The minimum Gasteiger partial charge on any atom is -0.462 e. The monoisotopic (exact) mass is 375 g/mol. The number of esters is 1. The van der Waals surface area contributed by atoms with E-state index in [4.69, 9.17) is 4.74 Å². The van der Waals surface area contributed by atoms with Crippen molar-refractivity contribution in [3.05, 3.63) is 95.8 Å². The molecule has 0 aliphatic heterocycles. The molecule has 142 valence electrons. The van der Waals surface area contributed by atoms with E-state index in [0.717, 1.165) is 11.1 Å². The van der Waals surface area contributed by atoms with Crippen LogP contribution in [0.4, 0.5) is 10.5 Å². The standard InChI is InChI=1S/C22H21N3O3/c1-2-28-21(26)18-8-10-19(11-9-18)24-22(27)25-20(16-6-4-3-5-7-16)17-12-14-23-15-13-17/h3-15,20H,2H2,1H3,(H2,24,25,27). The zero-order valence-electron chi connectivity index (χ0n) is 15.5. The zero-order chi connectivity index (χ0) is 19.8. The van der Waals surface area contributed by atoms with Crippen LogP contribution in [0.5, 0.6) is 0 Å². The highest BCUT2D eigenvalue weighted by Crippen LogP contribution is 2.21. The van der Waals surface area contributed by atoms with Crippen LogP contribution < -0.4 is 10.6 Å². The molecule has 2 amide bonds. The summed E-state index contributed by atoms with van der Waals surface area (Å²) >= 11 is 0. The van der Waals surface area contributed by atoms with Gasteiger partial charge in [0.25, 0.3) is 0 Å². The van der Waals surface area contributed by atoms with Gasteiger partial charge in [-0.1, -0.05) is 30.3 Å². The number of hydrogen-bond acceptors (Lipinski definition) is 4. The minimum atomic E-state index is -0.389. The fourth-order valence-electron chi connectivity index (χ4n) is 2.76. The molecule has 1 unspecified atom stereocenters. The number of benzene rings is 2. The van der Waals surface area contributed by atoms with E-state index >= 15 is 0 Å². The summed E-state index contributed by atoms with van der Waals surface area (Å²) in [4.78, 5) is 28.3. The molecule has 6 heteroatoms. The number of ether oxygens (including phenoxy) is 1. The number of carbonyl (C=O) groups excluding carboxylic acids is 2. The van der Waals surface area contributed by atoms with E-state index in [1.165, 1.54) is 0 Å². The number of nitrogens with zero attached hydrogens (tertiary/aromatic N) is 1. The van der Waals surface area contributed by atoms with Crippen LogP contribution >= 0.6 is 0 Å². The topological polar surface area (TPSA) is 80.3 Å². The Bertz CT molecular complexity index is 873. The van der Waals surface area contributed by atoms with Crippen LogP contribution in [-0.2, 0) is 4.74 Å². The van der Waals surface area contributed by atoms with Crippen LogP contribution in [0.25, 0.3) is 0 Å². The number of rotatable bonds is 6. The molecule has 0 saturated carbocycles. The Labute approximate surface area is 163 Å². The molecular formula is C22H21N3O3. The predicted molar refractivity (Wildman–Crippen MR) is 107 cm³/mol. The molecule has 6 nitrogen and oxygen atoms in total. The average molecular weight is 375 g/mol. The number of urea groups is 1. The maximum atomic E-state index is 12.6. The highest BCUT2D eigenvalue weighted by atomic mass is 16.5. The van der Waals surface area contributed by atoms with Gasteiger partial charge < -0.3 is 15.4 Å². The van der Waals surface area contributed by atoms with E-state index in [1.54, 1.807) is 43.6 Å². The van der Waals surface area contributed by atoms with Gasteiger partial charge in [0.1, 0.15) is 0 Å². The molecule has 3 rings (SSSR count). The van der Waals surface area contributed by atoms with E-state index in [2.05, 4.69) is 15.6 Å². The third kappa shape index (κ3) is 4.94. The van der Waals surface area contributed by atoms with Gasteiger partial charge in [-0.25, -0.2) is 9.59 Å². The van der Waals surface area contributed by atoms with Crippen molar-refractivity contribution in [2.45, 2.75) is 13.0 Å². The molecule has 0 spiro atoms. The molecule has 0 radical (unpaired) electrons. The van der Waals surface area contributed by atoms with Crippen LogP contribution in [0, 0.1) is 0 Å². The Hall–Kier alpha value is -3.67. The van der Waals surface area contributed by atoms with Crippen molar-refractivity contribution < 1.29 is 14.3 Å². The fraction of sp³-hybridized carbons (Fsp3) is 0.136. The van der Waals surface area contributed by atoms with E-state index in [-0.39, 0.29) is 18.0 Å². The molecule has 0 fully saturated rings. The molecule has 2 N–H and O–H groups in total. The lowest BCUT2D eigenvalue weighted by molar-refractivity contribution is 0.0526. The first-order valence-electron chi connectivity index (χ1n) is 8.97. The Kier molecular flexibility index (Phi) is 6.36. The second kappa shape index (κ2) is 9.32. The number of hydrogen-bond donors (Lipinski definition) is 2. The van der Waals surface area contributed by atoms with Crippen LogP contribution in [-0.4, -0.2) is 23.6 Å². The summed E-state index contributed by atoms with van der Waals surface area (Å²) in [5, 5.41) is 5.78. The lowest BCUT2D eigenvalue weighted by atomic mass is 10.00. The summed E-state index contributed by atoms with van der Waals surface area (Å²) in [5.74, 6) is -0.389. The highest BCUT2D eigenvalue weighted by Gasteiger charge is 2.17. The van der Waals surface area contributed by atoms with Crippen LogP contribution in [0.1, 0.15) is 34.5 Å². The van der Waals surface area contributed by atoms with E-state index in [0.29, 0.717) is 17.9 Å². The molecule has 0 saturated heterocycles. The Balaban J connectivity index is 1.71. The van der Waals surface area contributed by atoms with Gasteiger partial charge in [0.05, 0.1) is 18.2 Å². The number of carbonyl (C=O) groups is 2. The van der Waals surface area contributed by atoms with Crippen LogP contribution in [0.2, 0.25) is 0 Å². The second-order valence-electron chi connectivity index (χ2n) is 6.02. The highest BCUT2D eigenvalue weighted by molar-refractivity contribution is 5.92. The van der Waals surface area contributed by atoms with E-state index in [9.17, 15) is 9.59 Å². The van der Waals surface area contributed by atoms with Crippen LogP contribution in [0.15, 0.2) is 79.1 Å². The first-order valence-corrected chi connectivity index (χ1v) is 8.97. The van der Waals surface area contributed by atoms with Crippen molar-refractivity contribution in [3.8, 4) is 0 Å². The summed E-state index contributed by atoms with van der Waals surface area (Å²) in [6.45, 7) is 2.07. The van der Waals surface area contributed by atoms with Gasteiger partial charge in [-0.2, -0.15) is 0 Å². The summed E-state index contributed by atoms with van der Waals surface area (Å²) in [5.41, 5.74) is 2.90. The third-order valence-electron chi connectivity index (χ3n) is 4.10. The van der Waals surface area contributed by atoms with E-state index < -0.39 is 0 Å². The third-order valence-corrected chi connectivity index (χ3v) is 4.10. The normalized spacial score (nSPS) is 11.3. The van der Waals surface area contributed by atoms with Crippen molar-refractivity contribution in [3.63, 3.8) is 0 Å². The smallest absolute Gasteiger partial charge is 0.338 e. The van der Waals surface area contributed by atoms with Gasteiger partial charge in [0, 0.05) is 18.1 Å². The lowest BCUT2D eigenvalue weighted by Crippen LogP contribution is -2.33. The number of aromatic nitrogens is 1. The SMILES string of the molecule is CCOC(=O)c1ccc(NC(=O)NC(c2ccccc2)c2ccncc2)cc1. The van der Waals surface area contributed by atoms with Gasteiger partial charge in [-0.15, -0.1) is 0 Å². The Morgan fingerprint density at radius 2 is 1.57 bits per heavy atom. The first kappa shape index (κ1) is 19.1. The average Bonchev–Trinajstić information content (AvgIpc) is 2.74. The molecule has 1 aromatic heterocycles. The number of nitrogens with one attached hydrogen (secondary N) is 2. The molecule has 0 aliphatic rings. The molecule has 2 aromatic carbocycles. The van der Waals surface area contributed by atoms with Crippen molar-refractivity contribution in [2.75, 3.05) is 11.9 Å². The minimum absolute atomic E-state index is 0.317. The van der Waals surface area contributed by atoms with Gasteiger partial charge in [-0.05, 0) is 54.4 Å². The van der Waals surface area contributed by atoms with Gasteiger partial charge in [0.2, 0.25) is 0 Å². The number of anilines is 1. The molecule has 28 heavy (non-hydrogen) atoms. The summed E-state index contributed by atoms with van der Waals surface area (Å²) < 4.78 is 4.96. The lowest BCUT2D eigenvalue weighted by Gasteiger charge is -2.20. The van der Waals surface area contributed by atoms with E-state index in [1.807, 2.05) is 42.5 Å². The Morgan fingerprint density at radius 1 is 0.929 bits per heavy atom. The molecule has 1 heterocycles. The molecule has 0 aliphatic carbocycles. The summed E-state index contributed by atoms with van der Waals surface area (Å²) in [6.07, 6.45) is 3.39. The van der Waals surface area contributed by atoms with Gasteiger partial charge in [-0.3, -0.25) is 4.98 Å². The quantitative estimate of drug-likeness (QED) is 0.634. The number of pyridine rings is 1. The largest absolute Gasteiger partial charge is 0.462 e. The van der Waals surface area contributed by atoms with Gasteiger partial charge in [0.15, 0.2) is 0 Å². The molecule has 0 bridgehead atoms.